The van der Waals surface area contributed by atoms with E-state index in [0.29, 0.717) is 23.9 Å². The number of carboxylic acids is 1. The van der Waals surface area contributed by atoms with E-state index in [1.54, 1.807) is 0 Å². The average molecular weight is 483 g/mol. The highest BCUT2D eigenvalue weighted by molar-refractivity contribution is 6.03. The van der Waals surface area contributed by atoms with Gasteiger partial charge in [-0.3, -0.25) is 9.59 Å². The maximum absolute atomic E-state index is 12.6. The number of pyridine rings is 1. The summed E-state index contributed by atoms with van der Waals surface area (Å²) in [5.74, 6) is -1.67. The molecule has 1 aliphatic heterocycles. The molecule has 2 aromatic carbocycles. The van der Waals surface area contributed by atoms with E-state index in [1.165, 1.54) is 36.4 Å². The molecule has 0 radical (unpaired) electrons. The van der Waals surface area contributed by atoms with Gasteiger partial charge < -0.3 is 19.9 Å². The molecule has 0 saturated heterocycles. The second-order valence-corrected chi connectivity index (χ2v) is 7.54. The van der Waals surface area contributed by atoms with Crippen molar-refractivity contribution < 1.29 is 37.3 Å². The first-order valence-electron chi connectivity index (χ1n) is 10.2. The fourth-order valence-corrected chi connectivity index (χ4v) is 3.47. The quantitative estimate of drug-likeness (QED) is 0.526. The van der Waals surface area contributed by atoms with Gasteiger partial charge in [0, 0.05) is 23.4 Å². The van der Waals surface area contributed by atoms with Crippen LogP contribution in [0.2, 0.25) is 0 Å². The van der Waals surface area contributed by atoms with E-state index < -0.39 is 29.5 Å². The summed E-state index contributed by atoms with van der Waals surface area (Å²) in [7, 11) is 0. The van der Waals surface area contributed by atoms with Crippen molar-refractivity contribution in [3.63, 3.8) is 0 Å². The second kappa shape index (κ2) is 9.34. The van der Waals surface area contributed by atoms with Crippen LogP contribution < -0.4 is 14.8 Å². The first-order chi connectivity index (χ1) is 16.7. The molecule has 178 valence electrons. The molecule has 3 aromatic rings. The number of fused-ring (bicyclic) bond motifs is 1. The summed E-state index contributed by atoms with van der Waals surface area (Å²) < 4.78 is 49.2. The number of aromatic nitrogens is 1. The number of rotatable bonds is 5. The lowest BCUT2D eigenvalue weighted by Crippen LogP contribution is -2.21. The van der Waals surface area contributed by atoms with E-state index >= 15 is 0 Å². The van der Waals surface area contributed by atoms with Gasteiger partial charge in [-0.25, -0.2) is 4.98 Å². The molecular weight excluding hydrogens is 467 g/mol. The maximum Gasteiger partial charge on any atom is 0.417 e. The van der Waals surface area contributed by atoms with Gasteiger partial charge in [0.2, 0.25) is 0 Å². The number of hydrogen-bond donors (Lipinski definition) is 2. The van der Waals surface area contributed by atoms with E-state index in [9.17, 15) is 33.1 Å². The van der Waals surface area contributed by atoms with E-state index in [0.717, 1.165) is 12.1 Å². The zero-order valence-corrected chi connectivity index (χ0v) is 17.8. The van der Waals surface area contributed by atoms with Crippen LogP contribution >= 0.6 is 0 Å². The van der Waals surface area contributed by atoms with Crippen molar-refractivity contribution in [2.75, 3.05) is 11.9 Å². The number of hydrogen-bond acceptors (Lipinski definition) is 6. The highest BCUT2D eigenvalue weighted by Crippen LogP contribution is 2.39. The molecule has 0 fully saturated rings. The van der Waals surface area contributed by atoms with Crippen LogP contribution in [0.5, 0.6) is 17.2 Å². The molecule has 1 unspecified atom stereocenters. The molecule has 1 amide bonds. The van der Waals surface area contributed by atoms with Crippen LogP contribution in [0.4, 0.5) is 19.0 Å². The zero-order valence-electron chi connectivity index (χ0n) is 17.8. The predicted octanol–water partition coefficient (Wildman–Crippen LogP) is 4.97. The molecule has 2 N–H and O–H groups in total. The minimum atomic E-state index is -4.53. The van der Waals surface area contributed by atoms with Gasteiger partial charge in [0.15, 0.2) is 0 Å². The number of nitrogens with zero attached hydrogens (tertiary/aromatic N) is 2. The number of amides is 1. The predicted molar refractivity (Wildman–Crippen MR) is 115 cm³/mol. The topological polar surface area (TPSA) is 122 Å². The van der Waals surface area contributed by atoms with Crippen molar-refractivity contribution in [3.8, 4) is 23.3 Å². The van der Waals surface area contributed by atoms with Gasteiger partial charge in [0.05, 0.1) is 23.7 Å². The fourth-order valence-electron chi connectivity index (χ4n) is 3.47. The van der Waals surface area contributed by atoms with Crippen LogP contribution in [-0.2, 0) is 11.0 Å². The Morgan fingerprint density at radius 3 is 2.51 bits per heavy atom. The monoisotopic (exact) mass is 483 g/mol. The Morgan fingerprint density at radius 1 is 1.17 bits per heavy atom. The van der Waals surface area contributed by atoms with E-state index in [-0.39, 0.29) is 35.1 Å². The van der Waals surface area contributed by atoms with Crippen LogP contribution in [0.1, 0.15) is 39.4 Å². The molecule has 0 bridgehead atoms. The molecule has 0 aliphatic carbocycles. The van der Waals surface area contributed by atoms with Gasteiger partial charge in [0.25, 0.3) is 5.91 Å². The lowest BCUT2D eigenvalue weighted by molar-refractivity contribution is -0.139. The number of benzene rings is 2. The highest BCUT2D eigenvalue weighted by atomic mass is 19.4. The van der Waals surface area contributed by atoms with Crippen LogP contribution in [0.3, 0.4) is 0 Å². The van der Waals surface area contributed by atoms with Crippen molar-refractivity contribution in [1.82, 2.24) is 4.98 Å². The van der Waals surface area contributed by atoms with E-state index in [1.807, 2.05) is 6.07 Å². The number of nitriles is 1. The Labute approximate surface area is 196 Å². The summed E-state index contributed by atoms with van der Waals surface area (Å²) >= 11 is 0. The highest BCUT2D eigenvalue weighted by Gasteiger charge is 2.31. The standard InChI is InChI=1S/C24H16F3N3O5/c25-24(26,27)15-3-6-21(29-12-15)30-22(31)13-1-4-16(5-2-13)35-19-10-20-18(9-14(19)11-28)17(23(32)33)7-8-34-20/h1-6,9-10,12,17H,7-8H2,(H,32,33)(H,29,30,31). The maximum atomic E-state index is 12.6. The molecule has 1 aromatic heterocycles. The van der Waals surface area contributed by atoms with Crippen molar-refractivity contribution in [3.05, 3.63) is 77.0 Å². The fraction of sp³-hybridized carbons (Fsp3) is 0.167. The minimum absolute atomic E-state index is 0.0456. The third-order valence-electron chi connectivity index (χ3n) is 5.25. The summed E-state index contributed by atoms with van der Waals surface area (Å²) in [5, 5.41) is 21.3. The molecule has 2 heterocycles. The van der Waals surface area contributed by atoms with Gasteiger partial charge in [-0.05, 0) is 48.9 Å². The Kier molecular flexibility index (Phi) is 6.29. The van der Waals surface area contributed by atoms with Gasteiger partial charge in [0.1, 0.15) is 29.1 Å². The first-order valence-corrected chi connectivity index (χ1v) is 10.2. The lowest BCUT2D eigenvalue weighted by atomic mass is 9.91. The molecule has 1 aliphatic rings. The third kappa shape index (κ3) is 5.16. The molecule has 1 atom stereocenters. The van der Waals surface area contributed by atoms with Gasteiger partial charge in [-0.15, -0.1) is 0 Å². The molecule has 35 heavy (non-hydrogen) atoms. The number of carbonyl (C=O) groups excluding carboxylic acids is 1. The number of anilines is 1. The number of halogens is 3. The Hall–Kier alpha value is -4.59. The van der Waals surface area contributed by atoms with Gasteiger partial charge in [-0.2, -0.15) is 18.4 Å². The first kappa shape index (κ1) is 23.6. The second-order valence-electron chi connectivity index (χ2n) is 7.54. The largest absolute Gasteiger partial charge is 0.493 e. The zero-order chi connectivity index (χ0) is 25.2. The normalized spacial score (nSPS) is 14.7. The molecule has 8 nitrogen and oxygen atoms in total. The van der Waals surface area contributed by atoms with Crippen molar-refractivity contribution in [2.24, 2.45) is 0 Å². The van der Waals surface area contributed by atoms with E-state index in [4.69, 9.17) is 9.47 Å². The van der Waals surface area contributed by atoms with E-state index in [2.05, 4.69) is 10.3 Å². The number of aliphatic carboxylic acids is 1. The smallest absolute Gasteiger partial charge is 0.417 e. The summed E-state index contributed by atoms with van der Waals surface area (Å²) in [5.41, 5.74) is -0.218. The molecule has 11 heteroatoms. The van der Waals surface area contributed by atoms with Crippen LogP contribution in [0, 0.1) is 11.3 Å². The van der Waals surface area contributed by atoms with Crippen LogP contribution in [0.25, 0.3) is 0 Å². The number of nitrogens with one attached hydrogen (secondary N) is 1. The summed E-state index contributed by atoms with van der Waals surface area (Å²) in [6, 6.07) is 12.5. The molecule has 4 rings (SSSR count). The summed E-state index contributed by atoms with van der Waals surface area (Å²) in [6.45, 7) is 0.215. The van der Waals surface area contributed by atoms with Crippen molar-refractivity contribution in [2.45, 2.75) is 18.5 Å². The Bertz CT molecular complexity index is 1320. The number of carbonyl (C=O) groups is 2. The molecule has 0 spiro atoms. The van der Waals surface area contributed by atoms with Crippen LogP contribution in [-0.4, -0.2) is 28.6 Å². The Balaban J connectivity index is 1.48. The number of carboxylic acid groups (broad SMARTS) is 1. The molecule has 0 saturated carbocycles. The number of ether oxygens (including phenoxy) is 2. The van der Waals surface area contributed by atoms with Gasteiger partial charge in [-0.1, -0.05) is 0 Å². The molecular formula is C24H16F3N3O5. The lowest BCUT2D eigenvalue weighted by Gasteiger charge is -2.24. The SMILES string of the molecule is N#Cc1cc2c(cc1Oc1ccc(C(=O)Nc3ccc(C(F)(F)F)cn3)cc1)OCCC2C(=O)O. The van der Waals surface area contributed by atoms with Crippen molar-refractivity contribution >= 4 is 17.7 Å². The van der Waals surface area contributed by atoms with Gasteiger partial charge >= 0.3 is 12.1 Å². The average Bonchev–Trinajstić information content (AvgIpc) is 2.83. The minimum Gasteiger partial charge on any atom is -0.493 e. The summed E-state index contributed by atoms with van der Waals surface area (Å²) in [4.78, 5) is 27.5. The number of alkyl halides is 3. The van der Waals surface area contributed by atoms with Crippen LogP contribution in [0.15, 0.2) is 54.7 Å². The summed E-state index contributed by atoms with van der Waals surface area (Å²) in [6.07, 6.45) is -3.61. The van der Waals surface area contributed by atoms with Crippen molar-refractivity contribution in [1.29, 1.82) is 5.26 Å². The third-order valence-corrected chi connectivity index (χ3v) is 5.25. The Morgan fingerprint density at radius 2 is 1.91 bits per heavy atom.